The molecule has 2 aromatic rings. The molecule has 150 valence electrons. The highest BCUT2D eigenvalue weighted by Crippen LogP contribution is 2.27. The molecule has 1 unspecified atom stereocenters. The second-order valence-electron chi connectivity index (χ2n) is 7.67. The van der Waals surface area contributed by atoms with Crippen molar-refractivity contribution in [3.8, 4) is 0 Å². The van der Waals surface area contributed by atoms with Gasteiger partial charge in [-0.15, -0.1) is 0 Å². The monoisotopic (exact) mass is 399 g/mol. The third kappa shape index (κ3) is 8.61. The summed E-state index contributed by atoms with van der Waals surface area (Å²) in [6.07, 6.45) is 0.648. The van der Waals surface area contributed by atoms with Gasteiger partial charge in [0.05, 0.1) is 5.92 Å². The fraction of sp³-hybridized carbons (Fsp3) is 0.391. The first-order valence-electron chi connectivity index (χ1n) is 9.48. The molecule has 1 N–H and O–H groups in total. The molecule has 0 saturated heterocycles. The third-order valence-electron chi connectivity index (χ3n) is 4.06. The lowest BCUT2D eigenvalue weighted by molar-refractivity contribution is -0.145. The molecule has 28 heavy (non-hydrogen) atoms. The Labute approximate surface area is 172 Å². The molecule has 1 atom stereocenters. The van der Waals surface area contributed by atoms with Crippen LogP contribution in [0, 0.1) is 5.92 Å². The number of rotatable bonds is 9. The van der Waals surface area contributed by atoms with Crippen LogP contribution in [-0.2, 0) is 27.4 Å². The first kappa shape index (κ1) is 22.0. The molecule has 0 fully saturated rings. The lowest BCUT2D eigenvalue weighted by Gasteiger charge is -2.22. The van der Waals surface area contributed by atoms with E-state index in [0.717, 1.165) is 11.1 Å². The molecule has 0 saturated carbocycles. The number of carbonyl (C=O) groups excluding carboxylic acids is 2. The fourth-order valence-corrected chi connectivity index (χ4v) is 3.54. The summed E-state index contributed by atoms with van der Waals surface area (Å²) in [7, 11) is 0. The first-order valence-corrected chi connectivity index (χ1v) is 10.5. The number of esters is 1. The highest BCUT2D eigenvalue weighted by Gasteiger charge is 2.23. The van der Waals surface area contributed by atoms with Crippen LogP contribution in [0.15, 0.2) is 60.7 Å². The summed E-state index contributed by atoms with van der Waals surface area (Å²) in [6, 6.07) is 19.4. The minimum absolute atomic E-state index is 0.0732. The highest BCUT2D eigenvalue weighted by molar-refractivity contribution is 8.00. The molecule has 0 heterocycles. The number of thioether (sulfide) groups is 1. The van der Waals surface area contributed by atoms with E-state index in [1.165, 1.54) is 0 Å². The van der Waals surface area contributed by atoms with Gasteiger partial charge in [0.25, 0.3) is 0 Å². The summed E-state index contributed by atoms with van der Waals surface area (Å²) in [5.74, 6) is -0.0477. The first-order chi connectivity index (χ1) is 13.3. The summed E-state index contributed by atoms with van der Waals surface area (Å²) in [6.45, 7) is 6.50. The molecule has 0 aromatic heterocycles. The molecule has 0 spiro atoms. The van der Waals surface area contributed by atoms with E-state index in [1.54, 1.807) is 11.8 Å². The van der Waals surface area contributed by atoms with Crippen LogP contribution in [0.3, 0.4) is 0 Å². The Kier molecular flexibility index (Phi) is 8.58. The molecule has 2 rings (SSSR count). The summed E-state index contributed by atoms with van der Waals surface area (Å²) in [5.41, 5.74) is 2.04. The molecule has 0 aliphatic rings. The van der Waals surface area contributed by atoms with Gasteiger partial charge >= 0.3 is 5.97 Å². The Bertz CT molecular complexity index is 741. The van der Waals surface area contributed by atoms with Crippen molar-refractivity contribution in [1.82, 2.24) is 5.32 Å². The van der Waals surface area contributed by atoms with Crippen LogP contribution in [0.1, 0.15) is 31.9 Å². The fourth-order valence-electron chi connectivity index (χ4n) is 2.57. The average Bonchev–Trinajstić information content (AvgIpc) is 2.68. The van der Waals surface area contributed by atoms with Gasteiger partial charge in [-0.3, -0.25) is 9.59 Å². The summed E-state index contributed by atoms with van der Waals surface area (Å²) < 4.78 is 5.31. The zero-order chi connectivity index (χ0) is 20.4. The molecule has 4 nitrogen and oxygen atoms in total. The molecular weight excluding hydrogens is 370 g/mol. The molecule has 0 bridgehead atoms. The Balaban J connectivity index is 1.86. The number of carbonyl (C=O) groups is 2. The smallest absolute Gasteiger partial charge is 0.325 e. The van der Waals surface area contributed by atoms with Crippen molar-refractivity contribution in [2.75, 3.05) is 12.3 Å². The molecular formula is C23H29NO3S. The zero-order valence-corrected chi connectivity index (χ0v) is 17.6. The van der Waals surface area contributed by atoms with Gasteiger partial charge in [0, 0.05) is 10.5 Å². The largest absolute Gasteiger partial charge is 0.460 e. The van der Waals surface area contributed by atoms with Crippen molar-refractivity contribution < 1.29 is 14.3 Å². The maximum atomic E-state index is 12.7. The van der Waals surface area contributed by atoms with E-state index in [-0.39, 0.29) is 29.7 Å². The molecule has 0 aliphatic carbocycles. The minimum Gasteiger partial charge on any atom is -0.460 e. The second kappa shape index (κ2) is 10.9. The van der Waals surface area contributed by atoms with Crippen LogP contribution < -0.4 is 5.32 Å². The van der Waals surface area contributed by atoms with Gasteiger partial charge < -0.3 is 10.1 Å². The van der Waals surface area contributed by atoms with E-state index in [0.29, 0.717) is 12.2 Å². The lowest BCUT2D eigenvalue weighted by Crippen LogP contribution is -2.37. The number of benzene rings is 2. The van der Waals surface area contributed by atoms with Crippen molar-refractivity contribution in [3.63, 3.8) is 0 Å². The van der Waals surface area contributed by atoms with Crippen molar-refractivity contribution in [1.29, 1.82) is 0 Å². The van der Waals surface area contributed by atoms with Gasteiger partial charge in [-0.25, -0.2) is 0 Å². The molecule has 0 aliphatic heterocycles. The van der Waals surface area contributed by atoms with Crippen molar-refractivity contribution >= 4 is 23.6 Å². The Morgan fingerprint density at radius 3 is 2.11 bits per heavy atom. The number of hydrogen-bond donors (Lipinski definition) is 1. The van der Waals surface area contributed by atoms with Gasteiger partial charge in [0.1, 0.15) is 13.2 Å². The van der Waals surface area contributed by atoms with Crippen LogP contribution in [-0.4, -0.2) is 28.9 Å². The van der Waals surface area contributed by atoms with Gasteiger partial charge in [0.15, 0.2) is 0 Å². The lowest BCUT2D eigenvalue weighted by atomic mass is 10.0. The topological polar surface area (TPSA) is 55.4 Å². The molecule has 1 amide bonds. The maximum Gasteiger partial charge on any atom is 0.325 e. The third-order valence-corrected chi connectivity index (χ3v) is 5.50. The minimum atomic E-state index is -0.431. The number of hydrogen-bond acceptors (Lipinski definition) is 4. The van der Waals surface area contributed by atoms with Crippen molar-refractivity contribution in [2.24, 2.45) is 5.92 Å². The van der Waals surface area contributed by atoms with Gasteiger partial charge in [-0.1, -0.05) is 81.4 Å². The van der Waals surface area contributed by atoms with E-state index in [9.17, 15) is 9.59 Å². The van der Waals surface area contributed by atoms with Gasteiger partial charge in [-0.05, 0) is 17.5 Å². The standard InChI is InChI=1S/C23H29NO3S/c1-23(2,3)28-17-20(14-18-10-6-4-7-11-18)22(26)24-15-21(25)27-16-19-12-8-5-9-13-19/h4-13,20H,14-17H2,1-3H3,(H,24,26). The van der Waals surface area contributed by atoms with E-state index in [4.69, 9.17) is 4.74 Å². The molecule has 0 radical (unpaired) electrons. The molecule has 5 heteroatoms. The number of amides is 1. The van der Waals surface area contributed by atoms with E-state index in [2.05, 4.69) is 26.1 Å². The Morgan fingerprint density at radius 1 is 0.964 bits per heavy atom. The maximum absolute atomic E-state index is 12.7. The van der Waals surface area contributed by atoms with Gasteiger partial charge in [-0.2, -0.15) is 11.8 Å². The number of nitrogens with one attached hydrogen (secondary N) is 1. The van der Waals surface area contributed by atoms with Crippen LogP contribution in [0.4, 0.5) is 0 Å². The summed E-state index contributed by atoms with van der Waals surface area (Å²) in [5, 5.41) is 2.75. The predicted octanol–water partition coefficient (Wildman–Crippen LogP) is 4.24. The van der Waals surface area contributed by atoms with E-state index < -0.39 is 5.97 Å². The number of ether oxygens (including phenoxy) is 1. The highest BCUT2D eigenvalue weighted by atomic mass is 32.2. The normalized spacial score (nSPS) is 12.2. The van der Waals surface area contributed by atoms with Crippen molar-refractivity contribution in [3.05, 3.63) is 71.8 Å². The molecule has 2 aromatic carbocycles. The Hall–Kier alpha value is -2.27. The Morgan fingerprint density at radius 2 is 1.54 bits per heavy atom. The van der Waals surface area contributed by atoms with E-state index in [1.807, 2.05) is 60.7 Å². The van der Waals surface area contributed by atoms with Crippen LogP contribution in [0.5, 0.6) is 0 Å². The van der Waals surface area contributed by atoms with E-state index >= 15 is 0 Å². The summed E-state index contributed by atoms with van der Waals surface area (Å²) >= 11 is 1.75. The zero-order valence-electron chi connectivity index (χ0n) is 16.8. The van der Waals surface area contributed by atoms with Crippen LogP contribution in [0.2, 0.25) is 0 Å². The van der Waals surface area contributed by atoms with Crippen LogP contribution in [0.25, 0.3) is 0 Å². The van der Waals surface area contributed by atoms with Crippen LogP contribution >= 0.6 is 11.8 Å². The van der Waals surface area contributed by atoms with Crippen molar-refractivity contribution in [2.45, 2.75) is 38.5 Å². The SMILES string of the molecule is CC(C)(C)SCC(Cc1ccccc1)C(=O)NCC(=O)OCc1ccccc1. The van der Waals surface area contributed by atoms with Gasteiger partial charge in [0.2, 0.25) is 5.91 Å². The second-order valence-corrected chi connectivity index (χ2v) is 9.52. The average molecular weight is 400 g/mol. The summed E-state index contributed by atoms with van der Waals surface area (Å²) in [4.78, 5) is 24.7. The predicted molar refractivity (Wildman–Crippen MR) is 115 cm³/mol. The quantitative estimate of drug-likeness (QED) is 0.641.